The Balaban J connectivity index is 1.80. The van der Waals surface area contributed by atoms with Gasteiger partial charge in [-0.2, -0.15) is 0 Å². The number of hydrogen-bond donors (Lipinski definition) is 1. The zero-order chi connectivity index (χ0) is 8.06. The van der Waals surface area contributed by atoms with E-state index in [1.54, 1.807) is 0 Å². The fraction of sp³-hybridized carbons (Fsp3) is 1.00. The van der Waals surface area contributed by atoms with Crippen molar-refractivity contribution in [3.63, 3.8) is 0 Å². The predicted octanol–water partition coefficient (Wildman–Crippen LogP) is 0.852. The van der Waals surface area contributed by atoms with Crippen molar-refractivity contribution < 1.29 is 5.11 Å². The van der Waals surface area contributed by atoms with Crippen LogP contribution < -0.4 is 0 Å². The van der Waals surface area contributed by atoms with Gasteiger partial charge in [-0.25, -0.2) is 0 Å². The molecule has 1 N–H and O–H groups in total. The maximum atomic E-state index is 9.72. The topological polar surface area (TPSA) is 23.5 Å². The molecule has 0 unspecified atom stereocenters. The van der Waals surface area contributed by atoms with Gasteiger partial charge in [-0.15, -0.1) is 0 Å². The Kier molecular flexibility index (Phi) is 1.52. The molecular formula is C9H17NO. The zero-order valence-electron chi connectivity index (χ0n) is 7.38. The molecular weight excluding hydrogens is 138 g/mol. The van der Waals surface area contributed by atoms with Gasteiger partial charge in [0.1, 0.15) is 0 Å². The Hall–Kier alpha value is -0.0800. The van der Waals surface area contributed by atoms with E-state index in [-0.39, 0.29) is 5.60 Å². The van der Waals surface area contributed by atoms with Gasteiger partial charge < -0.3 is 10.0 Å². The Morgan fingerprint density at radius 2 is 1.91 bits per heavy atom. The zero-order valence-corrected chi connectivity index (χ0v) is 7.38. The fourth-order valence-electron chi connectivity index (χ4n) is 1.81. The Bertz CT molecular complexity index is 157. The predicted molar refractivity (Wildman–Crippen MR) is 44.4 cm³/mol. The molecule has 64 valence electrons. The highest BCUT2D eigenvalue weighted by Crippen LogP contribution is 2.46. The lowest BCUT2D eigenvalue weighted by Gasteiger charge is -2.44. The molecule has 2 fully saturated rings. The molecule has 1 aliphatic carbocycles. The molecule has 0 atom stereocenters. The number of rotatable bonds is 2. The summed E-state index contributed by atoms with van der Waals surface area (Å²) in [6.07, 6.45) is 2.09. The quantitative estimate of drug-likeness (QED) is 0.639. The Labute approximate surface area is 68.2 Å². The van der Waals surface area contributed by atoms with Crippen LogP contribution >= 0.6 is 0 Å². The first-order valence-electron chi connectivity index (χ1n) is 4.58. The first kappa shape index (κ1) is 7.56. The summed E-state index contributed by atoms with van der Waals surface area (Å²) in [7, 11) is 0. The first-order valence-corrected chi connectivity index (χ1v) is 4.58. The standard InChI is InChI=1S/C9H17NO/c1-7(2)10-5-8(6-10)9(11)3-4-9/h7-8,11H,3-6H2,1-2H3. The van der Waals surface area contributed by atoms with E-state index in [1.807, 2.05) is 0 Å². The summed E-state index contributed by atoms with van der Waals surface area (Å²) in [5.41, 5.74) is -0.231. The van der Waals surface area contributed by atoms with E-state index in [2.05, 4.69) is 18.7 Å². The second-order valence-electron chi connectivity index (χ2n) is 4.35. The lowest BCUT2D eigenvalue weighted by molar-refractivity contribution is -0.0344. The number of aliphatic hydroxyl groups is 1. The number of nitrogens with zero attached hydrogens (tertiary/aromatic N) is 1. The minimum absolute atomic E-state index is 0.231. The first-order chi connectivity index (χ1) is 5.12. The van der Waals surface area contributed by atoms with Crippen LogP contribution in [-0.4, -0.2) is 34.7 Å². The molecule has 2 nitrogen and oxygen atoms in total. The van der Waals surface area contributed by atoms with Gasteiger partial charge in [0.2, 0.25) is 0 Å². The molecule has 0 aromatic rings. The molecule has 2 aliphatic rings. The summed E-state index contributed by atoms with van der Waals surface area (Å²) in [6.45, 7) is 6.67. The number of likely N-dealkylation sites (tertiary alicyclic amines) is 1. The largest absolute Gasteiger partial charge is 0.389 e. The maximum absolute atomic E-state index is 9.72. The molecule has 1 saturated heterocycles. The molecule has 1 saturated carbocycles. The average molecular weight is 155 g/mol. The molecule has 0 spiro atoms. The third-order valence-electron chi connectivity index (χ3n) is 3.16. The van der Waals surface area contributed by atoms with Gasteiger partial charge in [0.25, 0.3) is 0 Å². The summed E-state index contributed by atoms with van der Waals surface area (Å²) in [6, 6.07) is 0.661. The highest BCUT2D eigenvalue weighted by molar-refractivity contribution is 5.05. The summed E-state index contributed by atoms with van der Waals surface area (Å²) in [4.78, 5) is 2.42. The van der Waals surface area contributed by atoms with Gasteiger partial charge in [0.15, 0.2) is 0 Å². The van der Waals surface area contributed by atoms with Gasteiger partial charge in [-0.3, -0.25) is 0 Å². The maximum Gasteiger partial charge on any atom is 0.0702 e. The highest BCUT2D eigenvalue weighted by Gasteiger charge is 2.52. The van der Waals surface area contributed by atoms with Crippen molar-refractivity contribution in [3.8, 4) is 0 Å². The van der Waals surface area contributed by atoms with Crippen LogP contribution in [0, 0.1) is 5.92 Å². The van der Waals surface area contributed by atoms with Crippen molar-refractivity contribution in [1.29, 1.82) is 0 Å². The molecule has 1 heterocycles. The molecule has 0 aromatic carbocycles. The van der Waals surface area contributed by atoms with Crippen LogP contribution in [0.4, 0.5) is 0 Å². The van der Waals surface area contributed by atoms with E-state index in [0.29, 0.717) is 12.0 Å². The van der Waals surface area contributed by atoms with Gasteiger partial charge >= 0.3 is 0 Å². The third-order valence-corrected chi connectivity index (χ3v) is 3.16. The van der Waals surface area contributed by atoms with E-state index in [1.165, 1.54) is 0 Å². The van der Waals surface area contributed by atoms with Gasteiger partial charge in [-0.1, -0.05) is 0 Å². The van der Waals surface area contributed by atoms with E-state index in [4.69, 9.17) is 0 Å². The molecule has 1 aliphatic heterocycles. The van der Waals surface area contributed by atoms with Crippen LogP contribution in [0.3, 0.4) is 0 Å². The fourth-order valence-corrected chi connectivity index (χ4v) is 1.81. The SMILES string of the molecule is CC(C)N1CC(C2(O)CC2)C1. The van der Waals surface area contributed by atoms with Crippen LogP contribution in [0.15, 0.2) is 0 Å². The van der Waals surface area contributed by atoms with E-state index in [9.17, 15) is 5.11 Å². The van der Waals surface area contributed by atoms with E-state index < -0.39 is 0 Å². The van der Waals surface area contributed by atoms with Crippen molar-refractivity contribution in [1.82, 2.24) is 4.90 Å². The molecule has 2 heteroatoms. The smallest absolute Gasteiger partial charge is 0.0702 e. The van der Waals surface area contributed by atoms with Crippen LogP contribution in [0.1, 0.15) is 26.7 Å². The summed E-state index contributed by atoms with van der Waals surface area (Å²) in [5, 5.41) is 9.72. The van der Waals surface area contributed by atoms with Crippen molar-refractivity contribution in [2.75, 3.05) is 13.1 Å². The van der Waals surface area contributed by atoms with Gasteiger partial charge in [0, 0.05) is 25.0 Å². The van der Waals surface area contributed by atoms with Crippen LogP contribution in [0.5, 0.6) is 0 Å². The lowest BCUT2D eigenvalue weighted by Crippen LogP contribution is -2.55. The molecule has 0 amide bonds. The molecule has 0 aromatic heterocycles. The molecule has 11 heavy (non-hydrogen) atoms. The Morgan fingerprint density at radius 3 is 2.27 bits per heavy atom. The molecule has 0 radical (unpaired) electrons. The van der Waals surface area contributed by atoms with Crippen molar-refractivity contribution in [2.45, 2.75) is 38.3 Å². The van der Waals surface area contributed by atoms with Crippen molar-refractivity contribution in [3.05, 3.63) is 0 Å². The molecule has 2 rings (SSSR count). The second kappa shape index (κ2) is 2.20. The summed E-state index contributed by atoms with van der Waals surface area (Å²) >= 11 is 0. The number of hydrogen-bond acceptors (Lipinski definition) is 2. The van der Waals surface area contributed by atoms with Crippen molar-refractivity contribution in [2.24, 2.45) is 5.92 Å². The molecule has 0 bridgehead atoms. The van der Waals surface area contributed by atoms with Crippen LogP contribution in [0.2, 0.25) is 0 Å². The minimum Gasteiger partial charge on any atom is -0.389 e. The normalized spacial score (nSPS) is 30.5. The lowest BCUT2D eigenvalue weighted by atomic mass is 9.90. The second-order valence-corrected chi connectivity index (χ2v) is 4.35. The summed E-state index contributed by atoms with van der Waals surface area (Å²) in [5.74, 6) is 0.588. The summed E-state index contributed by atoms with van der Waals surface area (Å²) < 4.78 is 0. The van der Waals surface area contributed by atoms with Gasteiger partial charge in [0.05, 0.1) is 5.60 Å². The monoisotopic (exact) mass is 155 g/mol. The highest BCUT2D eigenvalue weighted by atomic mass is 16.3. The van der Waals surface area contributed by atoms with E-state index >= 15 is 0 Å². The minimum atomic E-state index is -0.231. The van der Waals surface area contributed by atoms with Crippen molar-refractivity contribution >= 4 is 0 Å². The van der Waals surface area contributed by atoms with Crippen LogP contribution in [-0.2, 0) is 0 Å². The Morgan fingerprint density at radius 1 is 1.36 bits per heavy atom. The van der Waals surface area contributed by atoms with Gasteiger partial charge in [-0.05, 0) is 26.7 Å². The van der Waals surface area contributed by atoms with Crippen LogP contribution in [0.25, 0.3) is 0 Å². The third kappa shape index (κ3) is 1.18. The van der Waals surface area contributed by atoms with E-state index in [0.717, 1.165) is 25.9 Å². The average Bonchev–Trinajstić information content (AvgIpc) is 2.42.